The monoisotopic (exact) mass is 233 g/mol. The van der Waals surface area contributed by atoms with Crippen molar-refractivity contribution in [3.63, 3.8) is 0 Å². The van der Waals surface area contributed by atoms with Gasteiger partial charge >= 0.3 is 0 Å². The highest BCUT2D eigenvalue weighted by molar-refractivity contribution is 5.73. The fourth-order valence-electron chi connectivity index (χ4n) is 2.16. The van der Waals surface area contributed by atoms with E-state index in [9.17, 15) is 4.79 Å². The van der Waals surface area contributed by atoms with Gasteiger partial charge in [0.25, 0.3) is 0 Å². The molecule has 1 N–H and O–H groups in total. The normalized spacial score (nSPS) is 17.1. The first-order valence-electron chi connectivity index (χ1n) is 6.13. The summed E-state index contributed by atoms with van der Waals surface area (Å²) in [6.07, 6.45) is 5.76. The molecule has 0 aromatic carbocycles. The summed E-state index contributed by atoms with van der Waals surface area (Å²) < 4.78 is 0. The minimum absolute atomic E-state index is 0.190. The van der Waals surface area contributed by atoms with E-state index in [0.717, 1.165) is 32.5 Å². The molecule has 0 unspecified atom stereocenters. The third-order valence-corrected chi connectivity index (χ3v) is 3.26. The highest BCUT2D eigenvalue weighted by Crippen LogP contribution is 2.11. The van der Waals surface area contributed by atoms with E-state index in [-0.39, 0.29) is 5.91 Å². The summed E-state index contributed by atoms with van der Waals surface area (Å²) in [4.78, 5) is 17.2. The van der Waals surface area contributed by atoms with E-state index in [1.165, 1.54) is 5.56 Å². The maximum absolute atomic E-state index is 11.2. The van der Waals surface area contributed by atoms with Crippen molar-refractivity contribution in [1.82, 2.24) is 15.2 Å². The lowest BCUT2D eigenvalue weighted by atomic mass is 10.0. The minimum Gasteiger partial charge on any atom is -0.343 e. The van der Waals surface area contributed by atoms with Gasteiger partial charge < -0.3 is 10.2 Å². The maximum atomic E-state index is 11.2. The van der Waals surface area contributed by atoms with Crippen LogP contribution >= 0.6 is 0 Å². The Morgan fingerprint density at radius 3 is 2.88 bits per heavy atom. The Hall–Kier alpha value is -1.42. The van der Waals surface area contributed by atoms with Crippen molar-refractivity contribution in [2.75, 3.05) is 13.1 Å². The molecule has 1 aliphatic rings. The molecule has 4 nitrogen and oxygen atoms in total. The van der Waals surface area contributed by atoms with E-state index in [0.29, 0.717) is 6.04 Å². The minimum atomic E-state index is 0.190. The fourth-order valence-corrected chi connectivity index (χ4v) is 2.16. The highest BCUT2D eigenvalue weighted by Gasteiger charge is 2.19. The zero-order valence-electron chi connectivity index (χ0n) is 10.2. The van der Waals surface area contributed by atoms with E-state index in [1.807, 2.05) is 17.2 Å². The van der Waals surface area contributed by atoms with E-state index in [1.54, 1.807) is 13.1 Å². The van der Waals surface area contributed by atoms with Gasteiger partial charge in [0.2, 0.25) is 5.91 Å². The number of carbonyl (C=O) groups is 1. The number of rotatable bonds is 3. The van der Waals surface area contributed by atoms with Crippen LogP contribution in [0, 0.1) is 0 Å². The van der Waals surface area contributed by atoms with Gasteiger partial charge in [-0.25, -0.2) is 0 Å². The van der Waals surface area contributed by atoms with Gasteiger partial charge in [0, 0.05) is 45.0 Å². The summed E-state index contributed by atoms with van der Waals surface area (Å²) in [5, 5.41) is 3.52. The first-order valence-corrected chi connectivity index (χ1v) is 6.13. The summed E-state index contributed by atoms with van der Waals surface area (Å²) in [5.41, 5.74) is 1.21. The summed E-state index contributed by atoms with van der Waals surface area (Å²) in [5.74, 6) is 0.190. The molecule has 1 aliphatic heterocycles. The molecule has 4 heteroatoms. The second-order valence-corrected chi connectivity index (χ2v) is 4.52. The van der Waals surface area contributed by atoms with Crippen LogP contribution in [0.1, 0.15) is 25.3 Å². The van der Waals surface area contributed by atoms with Gasteiger partial charge in [-0.05, 0) is 24.5 Å². The van der Waals surface area contributed by atoms with Crippen molar-refractivity contribution >= 4 is 5.91 Å². The average Bonchev–Trinajstić information content (AvgIpc) is 2.38. The Morgan fingerprint density at radius 2 is 2.29 bits per heavy atom. The van der Waals surface area contributed by atoms with Gasteiger partial charge in [-0.3, -0.25) is 9.78 Å². The lowest BCUT2D eigenvalue weighted by molar-refractivity contribution is -0.129. The molecule has 2 heterocycles. The van der Waals surface area contributed by atoms with Crippen LogP contribution in [0.4, 0.5) is 0 Å². The van der Waals surface area contributed by atoms with Crippen LogP contribution < -0.4 is 5.32 Å². The van der Waals surface area contributed by atoms with Crippen LogP contribution in [0.3, 0.4) is 0 Å². The first kappa shape index (κ1) is 12.0. The molecular weight excluding hydrogens is 214 g/mol. The summed E-state index contributed by atoms with van der Waals surface area (Å²) in [7, 11) is 0. The van der Waals surface area contributed by atoms with Gasteiger partial charge in [-0.15, -0.1) is 0 Å². The van der Waals surface area contributed by atoms with Crippen LogP contribution in [0.15, 0.2) is 24.5 Å². The van der Waals surface area contributed by atoms with Crippen molar-refractivity contribution < 1.29 is 4.79 Å². The van der Waals surface area contributed by atoms with Crippen LogP contribution in [0.5, 0.6) is 0 Å². The molecule has 1 aromatic rings. The lowest BCUT2D eigenvalue weighted by Gasteiger charge is -2.31. The number of nitrogens with zero attached hydrogens (tertiary/aromatic N) is 2. The SMILES string of the molecule is CC(=O)N1CCC(NCc2cccnc2)CC1. The molecular formula is C13H19N3O. The predicted molar refractivity (Wildman–Crippen MR) is 66.4 cm³/mol. The molecule has 2 rings (SSSR count). The molecule has 1 aromatic heterocycles. The number of amides is 1. The molecule has 0 radical (unpaired) electrons. The number of carbonyl (C=O) groups excluding carboxylic acids is 1. The van der Waals surface area contributed by atoms with Gasteiger partial charge in [0.1, 0.15) is 0 Å². The Bertz CT molecular complexity index is 358. The Balaban J connectivity index is 1.74. The van der Waals surface area contributed by atoms with E-state index in [2.05, 4.69) is 16.4 Å². The van der Waals surface area contributed by atoms with Gasteiger partial charge in [-0.1, -0.05) is 6.07 Å². The molecule has 1 saturated heterocycles. The number of piperidine rings is 1. The quantitative estimate of drug-likeness (QED) is 0.852. The van der Waals surface area contributed by atoms with Crippen molar-refractivity contribution in [3.05, 3.63) is 30.1 Å². The van der Waals surface area contributed by atoms with Crippen molar-refractivity contribution in [2.45, 2.75) is 32.4 Å². The van der Waals surface area contributed by atoms with Crippen LogP contribution in [0.2, 0.25) is 0 Å². The van der Waals surface area contributed by atoms with Gasteiger partial charge in [0.15, 0.2) is 0 Å². The van der Waals surface area contributed by atoms with Gasteiger partial charge in [0.05, 0.1) is 0 Å². The van der Waals surface area contributed by atoms with Crippen molar-refractivity contribution in [2.24, 2.45) is 0 Å². The number of pyridine rings is 1. The van der Waals surface area contributed by atoms with E-state index in [4.69, 9.17) is 0 Å². The molecule has 92 valence electrons. The standard InChI is InChI=1S/C13H19N3O/c1-11(17)16-7-4-13(5-8-16)15-10-12-3-2-6-14-9-12/h2-3,6,9,13,15H,4-5,7-8,10H2,1H3. The third-order valence-electron chi connectivity index (χ3n) is 3.26. The average molecular weight is 233 g/mol. The number of likely N-dealkylation sites (tertiary alicyclic amines) is 1. The van der Waals surface area contributed by atoms with Crippen LogP contribution in [-0.2, 0) is 11.3 Å². The molecule has 1 amide bonds. The second kappa shape index (κ2) is 5.77. The summed E-state index contributed by atoms with van der Waals surface area (Å²) in [6.45, 7) is 4.25. The smallest absolute Gasteiger partial charge is 0.219 e. The number of nitrogens with one attached hydrogen (secondary N) is 1. The molecule has 0 bridgehead atoms. The second-order valence-electron chi connectivity index (χ2n) is 4.52. The molecule has 0 atom stereocenters. The zero-order valence-corrected chi connectivity index (χ0v) is 10.2. The summed E-state index contributed by atoms with van der Waals surface area (Å²) >= 11 is 0. The highest BCUT2D eigenvalue weighted by atomic mass is 16.2. The first-order chi connectivity index (χ1) is 8.25. The maximum Gasteiger partial charge on any atom is 0.219 e. The fraction of sp³-hybridized carbons (Fsp3) is 0.538. The third kappa shape index (κ3) is 3.53. The lowest BCUT2D eigenvalue weighted by Crippen LogP contribution is -2.43. The molecule has 0 saturated carbocycles. The Kier molecular flexibility index (Phi) is 4.09. The van der Waals surface area contributed by atoms with E-state index >= 15 is 0 Å². The number of hydrogen-bond donors (Lipinski definition) is 1. The Morgan fingerprint density at radius 1 is 1.53 bits per heavy atom. The molecule has 0 aliphatic carbocycles. The van der Waals surface area contributed by atoms with Crippen LogP contribution in [0.25, 0.3) is 0 Å². The number of hydrogen-bond acceptors (Lipinski definition) is 3. The molecule has 1 fully saturated rings. The zero-order chi connectivity index (χ0) is 12.1. The Labute approximate surface area is 102 Å². The van der Waals surface area contributed by atoms with Gasteiger partial charge in [-0.2, -0.15) is 0 Å². The van der Waals surface area contributed by atoms with Crippen LogP contribution in [-0.4, -0.2) is 34.9 Å². The largest absolute Gasteiger partial charge is 0.343 e. The molecule has 0 spiro atoms. The topological polar surface area (TPSA) is 45.2 Å². The van der Waals surface area contributed by atoms with Crippen molar-refractivity contribution in [1.29, 1.82) is 0 Å². The molecule has 17 heavy (non-hydrogen) atoms. The van der Waals surface area contributed by atoms with E-state index < -0.39 is 0 Å². The predicted octanol–water partition coefficient (Wildman–Crippen LogP) is 1.18. The number of aromatic nitrogens is 1. The van der Waals surface area contributed by atoms with Crippen molar-refractivity contribution in [3.8, 4) is 0 Å². The summed E-state index contributed by atoms with van der Waals surface area (Å²) in [6, 6.07) is 4.55.